The number of carbonyl (C=O) groups is 3. The van der Waals surface area contributed by atoms with E-state index >= 15 is 0 Å². The molecule has 1 aromatic carbocycles. The lowest BCUT2D eigenvalue weighted by atomic mass is 10.1. The minimum Gasteiger partial charge on any atom is -0.464 e. The molecule has 1 amide bonds. The topological polar surface area (TPSA) is 127 Å². The third kappa shape index (κ3) is 6.07. The quantitative estimate of drug-likeness (QED) is 0.232. The summed E-state index contributed by atoms with van der Waals surface area (Å²) in [5, 5.41) is 1.80. The normalized spacial score (nSPS) is 17.7. The SMILES string of the molecule is CCOC(=O)[C@@H]1O[C@H]1C(=O)NSC(Cc1cnc[nH]1)C(=O)Cc1nc(-c2ccc(F)cc2)cs1. The highest BCUT2D eigenvalue weighted by Crippen LogP contribution is 2.26. The van der Waals surface area contributed by atoms with Crippen LogP contribution in [0.15, 0.2) is 42.2 Å². The van der Waals surface area contributed by atoms with Crippen molar-refractivity contribution in [3.63, 3.8) is 0 Å². The number of aromatic amines is 1. The molecule has 178 valence electrons. The number of hydrogen-bond acceptors (Lipinski definition) is 9. The minimum absolute atomic E-state index is 0.0684. The molecule has 3 aromatic rings. The van der Waals surface area contributed by atoms with E-state index in [1.54, 1.807) is 25.3 Å². The number of nitrogens with zero attached hydrogens (tertiary/aromatic N) is 2. The highest BCUT2D eigenvalue weighted by Gasteiger charge is 2.51. The van der Waals surface area contributed by atoms with Crippen LogP contribution in [0, 0.1) is 5.82 Å². The number of imidazole rings is 1. The molecule has 1 fully saturated rings. The van der Waals surface area contributed by atoms with Gasteiger partial charge in [0.15, 0.2) is 18.0 Å². The highest BCUT2D eigenvalue weighted by molar-refractivity contribution is 7.99. The van der Waals surface area contributed by atoms with E-state index < -0.39 is 29.3 Å². The van der Waals surface area contributed by atoms with Gasteiger partial charge in [0.2, 0.25) is 0 Å². The molecule has 0 bridgehead atoms. The van der Waals surface area contributed by atoms with Gasteiger partial charge in [-0.05, 0) is 43.1 Å². The number of ketones is 1. The van der Waals surface area contributed by atoms with Gasteiger partial charge in [-0.15, -0.1) is 11.3 Å². The lowest BCUT2D eigenvalue weighted by Crippen LogP contribution is -2.32. The van der Waals surface area contributed by atoms with Crippen LogP contribution >= 0.6 is 23.3 Å². The molecule has 1 unspecified atom stereocenters. The number of halogens is 1. The van der Waals surface area contributed by atoms with Crippen LogP contribution in [-0.2, 0) is 36.7 Å². The second kappa shape index (κ2) is 10.9. The van der Waals surface area contributed by atoms with Gasteiger partial charge >= 0.3 is 5.97 Å². The van der Waals surface area contributed by atoms with Gasteiger partial charge in [-0.3, -0.25) is 14.3 Å². The molecule has 0 spiro atoms. The molecular formula is C22H21FN4O5S2. The summed E-state index contributed by atoms with van der Waals surface area (Å²) in [4.78, 5) is 48.6. The van der Waals surface area contributed by atoms with Gasteiger partial charge in [0.05, 0.1) is 30.3 Å². The van der Waals surface area contributed by atoms with Crippen LogP contribution in [0.25, 0.3) is 11.3 Å². The van der Waals surface area contributed by atoms with Gasteiger partial charge in [-0.1, -0.05) is 0 Å². The van der Waals surface area contributed by atoms with E-state index in [0.717, 1.165) is 23.2 Å². The number of Topliss-reactive ketones (excluding diaryl/α,β-unsaturated/α-hetero) is 1. The number of H-pyrrole nitrogens is 1. The fourth-order valence-electron chi connectivity index (χ4n) is 3.13. The van der Waals surface area contributed by atoms with E-state index in [1.165, 1.54) is 29.8 Å². The molecule has 0 radical (unpaired) electrons. The Morgan fingerprint density at radius 1 is 1.29 bits per heavy atom. The van der Waals surface area contributed by atoms with Gasteiger partial charge in [-0.2, -0.15) is 0 Å². The smallest absolute Gasteiger partial charge is 0.338 e. The average Bonchev–Trinajstić information content (AvgIpc) is 3.21. The van der Waals surface area contributed by atoms with Crippen LogP contribution in [0.1, 0.15) is 17.6 Å². The number of benzene rings is 1. The molecule has 1 aliphatic heterocycles. The van der Waals surface area contributed by atoms with E-state index in [0.29, 0.717) is 17.1 Å². The standard InChI is InChI=1S/C22H21FN4O5S2/c1-2-31-22(30)20-19(32-20)21(29)27-34-17(7-14-9-24-11-25-14)16(28)8-18-26-15(10-33-18)12-3-5-13(23)6-4-12/h3-6,9-11,17,19-20H,2,7-8H2,1H3,(H,24,25)(H,27,29)/t17?,19-,20-/m1/s1. The zero-order valence-electron chi connectivity index (χ0n) is 18.0. The Kier molecular flexibility index (Phi) is 7.70. The van der Waals surface area contributed by atoms with E-state index in [-0.39, 0.29) is 24.6 Å². The first-order valence-corrected chi connectivity index (χ1v) is 12.2. The van der Waals surface area contributed by atoms with Crippen LogP contribution in [0.3, 0.4) is 0 Å². The van der Waals surface area contributed by atoms with E-state index in [4.69, 9.17) is 9.47 Å². The summed E-state index contributed by atoms with van der Waals surface area (Å²) in [6.07, 6.45) is 1.66. The maximum Gasteiger partial charge on any atom is 0.338 e. The average molecular weight is 505 g/mol. The third-order valence-electron chi connectivity index (χ3n) is 4.91. The van der Waals surface area contributed by atoms with Crippen LogP contribution in [0.4, 0.5) is 4.39 Å². The molecule has 2 N–H and O–H groups in total. The predicted octanol–water partition coefficient (Wildman–Crippen LogP) is 2.49. The monoisotopic (exact) mass is 504 g/mol. The molecular weight excluding hydrogens is 483 g/mol. The molecule has 4 rings (SSSR count). The van der Waals surface area contributed by atoms with Crippen molar-refractivity contribution < 1.29 is 28.2 Å². The van der Waals surface area contributed by atoms with Crippen molar-refractivity contribution in [3.8, 4) is 11.3 Å². The summed E-state index contributed by atoms with van der Waals surface area (Å²) < 4.78 is 25.7. The Morgan fingerprint density at radius 3 is 2.79 bits per heavy atom. The molecule has 12 heteroatoms. The Morgan fingerprint density at radius 2 is 2.09 bits per heavy atom. The van der Waals surface area contributed by atoms with Gasteiger partial charge in [0.25, 0.3) is 5.91 Å². The van der Waals surface area contributed by atoms with Crippen molar-refractivity contribution in [3.05, 3.63) is 58.7 Å². The van der Waals surface area contributed by atoms with Crippen molar-refractivity contribution in [1.82, 2.24) is 19.7 Å². The van der Waals surface area contributed by atoms with Crippen molar-refractivity contribution in [2.24, 2.45) is 0 Å². The fraction of sp³-hybridized carbons (Fsp3) is 0.318. The second-order valence-electron chi connectivity index (χ2n) is 7.36. The summed E-state index contributed by atoms with van der Waals surface area (Å²) in [5.74, 6) is -1.56. The maximum absolute atomic E-state index is 13.2. The van der Waals surface area contributed by atoms with Gasteiger partial charge in [0.1, 0.15) is 10.8 Å². The summed E-state index contributed by atoms with van der Waals surface area (Å²) in [7, 11) is 0. The molecule has 3 heterocycles. The predicted molar refractivity (Wildman–Crippen MR) is 123 cm³/mol. The second-order valence-corrected chi connectivity index (χ2v) is 9.31. The number of nitrogens with one attached hydrogen (secondary N) is 2. The molecule has 1 aliphatic rings. The minimum atomic E-state index is -0.924. The molecule has 0 aliphatic carbocycles. The van der Waals surface area contributed by atoms with Gasteiger partial charge in [0, 0.05) is 29.3 Å². The first-order chi connectivity index (χ1) is 16.4. The molecule has 2 aromatic heterocycles. The Bertz CT molecular complexity index is 1150. The fourth-order valence-corrected chi connectivity index (χ4v) is 4.79. The largest absolute Gasteiger partial charge is 0.464 e. The summed E-state index contributed by atoms with van der Waals surface area (Å²) in [6.45, 7) is 1.87. The molecule has 34 heavy (non-hydrogen) atoms. The number of amides is 1. The zero-order chi connectivity index (χ0) is 24.1. The van der Waals surface area contributed by atoms with Crippen molar-refractivity contribution >= 4 is 40.9 Å². The van der Waals surface area contributed by atoms with Crippen LogP contribution in [-0.4, -0.2) is 56.7 Å². The zero-order valence-corrected chi connectivity index (χ0v) is 19.7. The Labute approximate surface area is 202 Å². The van der Waals surface area contributed by atoms with Crippen molar-refractivity contribution in [1.29, 1.82) is 0 Å². The number of epoxide rings is 1. The highest BCUT2D eigenvalue weighted by atomic mass is 32.2. The lowest BCUT2D eigenvalue weighted by Gasteiger charge is -2.14. The molecule has 1 saturated heterocycles. The number of ether oxygens (including phenoxy) is 2. The van der Waals surface area contributed by atoms with Gasteiger partial charge < -0.3 is 14.5 Å². The number of carbonyl (C=O) groups excluding carboxylic acids is 3. The molecule has 3 atom stereocenters. The Hall–Kier alpha value is -3.09. The van der Waals surface area contributed by atoms with Gasteiger partial charge in [-0.25, -0.2) is 19.2 Å². The molecule has 9 nitrogen and oxygen atoms in total. The molecule has 0 saturated carbocycles. The van der Waals surface area contributed by atoms with Crippen LogP contribution < -0.4 is 4.72 Å². The maximum atomic E-state index is 13.2. The third-order valence-corrected chi connectivity index (χ3v) is 6.79. The van der Waals surface area contributed by atoms with E-state index in [2.05, 4.69) is 19.7 Å². The number of hydrogen-bond donors (Lipinski definition) is 2. The summed E-state index contributed by atoms with van der Waals surface area (Å²) >= 11 is 2.30. The van der Waals surface area contributed by atoms with Crippen molar-refractivity contribution in [2.75, 3.05) is 6.61 Å². The van der Waals surface area contributed by atoms with Crippen molar-refractivity contribution in [2.45, 2.75) is 37.2 Å². The Balaban J connectivity index is 1.37. The van der Waals surface area contributed by atoms with E-state index in [1.807, 2.05) is 5.38 Å². The number of thiazole rings is 1. The van der Waals surface area contributed by atoms with Crippen LogP contribution in [0.2, 0.25) is 0 Å². The van der Waals surface area contributed by atoms with Crippen LogP contribution in [0.5, 0.6) is 0 Å². The summed E-state index contributed by atoms with van der Waals surface area (Å²) in [6, 6.07) is 5.97. The number of aromatic nitrogens is 3. The first kappa shape index (κ1) is 24.0. The lowest BCUT2D eigenvalue weighted by molar-refractivity contribution is -0.144. The number of esters is 1. The number of rotatable bonds is 11. The van der Waals surface area contributed by atoms with E-state index in [9.17, 15) is 18.8 Å². The first-order valence-electron chi connectivity index (χ1n) is 10.4. The summed E-state index contributed by atoms with van der Waals surface area (Å²) in [5.41, 5.74) is 2.15.